The second-order valence-electron chi connectivity index (χ2n) is 5.88. The summed E-state index contributed by atoms with van der Waals surface area (Å²) in [6.45, 7) is 3.46. The van der Waals surface area contributed by atoms with E-state index >= 15 is 0 Å². The highest BCUT2D eigenvalue weighted by Gasteiger charge is 2.52. The van der Waals surface area contributed by atoms with Crippen molar-refractivity contribution in [2.45, 2.75) is 25.4 Å². The van der Waals surface area contributed by atoms with Crippen LogP contribution >= 0.6 is 0 Å². The van der Waals surface area contributed by atoms with Gasteiger partial charge in [0, 0.05) is 11.6 Å². The lowest BCUT2D eigenvalue weighted by atomic mass is 9.88. The van der Waals surface area contributed by atoms with E-state index in [0.717, 1.165) is 24.2 Å². The van der Waals surface area contributed by atoms with Gasteiger partial charge in [0.05, 0.1) is 19.7 Å². The van der Waals surface area contributed by atoms with E-state index in [4.69, 9.17) is 4.74 Å². The van der Waals surface area contributed by atoms with E-state index in [2.05, 4.69) is 0 Å². The maximum Gasteiger partial charge on any atom is 0.246 e. The molecule has 21 heavy (non-hydrogen) atoms. The van der Waals surface area contributed by atoms with Crippen LogP contribution in [0.25, 0.3) is 6.08 Å². The molecule has 1 amide bonds. The van der Waals surface area contributed by atoms with Crippen molar-refractivity contribution in [2.75, 3.05) is 19.7 Å². The zero-order valence-electron chi connectivity index (χ0n) is 12.3. The van der Waals surface area contributed by atoms with Crippen LogP contribution in [0.15, 0.2) is 30.3 Å². The van der Waals surface area contributed by atoms with E-state index in [0.29, 0.717) is 25.6 Å². The van der Waals surface area contributed by atoms with Crippen LogP contribution in [0.5, 0.6) is 5.75 Å². The molecule has 4 nitrogen and oxygen atoms in total. The molecule has 1 heterocycles. The topological polar surface area (TPSA) is 49.8 Å². The van der Waals surface area contributed by atoms with Gasteiger partial charge in [-0.25, -0.2) is 0 Å². The van der Waals surface area contributed by atoms with Crippen LogP contribution in [-0.2, 0) is 4.79 Å². The van der Waals surface area contributed by atoms with E-state index in [1.165, 1.54) is 0 Å². The van der Waals surface area contributed by atoms with Gasteiger partial charge in [0.2, 0.25) is 5.91 Å². The minimum absolute atomic E-state index is 0.0494. The third-order valence-corrected chi connectivity index (χ3v) is 4.20. The van der Waals surface area contributed by atoms with E-state index in [1.807, 2.05) is 31.2 Å². The van der Waals surface area contributed by atoms with Gasteiger partial charge in [-0.2, -0.15) is 0 Å². The molecule has 0 radical (unpaired) electrons. The van der Waals surface area contributed by atoms with Crippen molar-refractivity contribution in [2.24, 2.45) is 5.92 Å². The number of carbonyl (C=O) groups is 1. The van der Waals surface area contributed by atoms with Crippen LogP contribution < -0.4 is 4.74 Å². The molecule has 2 aliphatic rings. The Bertz CT molecular complexity index is 557. The number of carbonyl (C=O) groups excluding carboxylic acids is 1. The Morgan fingerprint density at radius 1 is 1.43 bits per heavy atom. The molecule has 112 valence electrons. The van der Waals surface area contributed by atoms with Crippen LogP contribution in [0.2, 0.25) is 0 Å². The van der Waals surface area contributed by atoms with Gasteiger partial charge in [-0.05, 0) is 37.8 Å². The lowest BCUT2D eigenvalue weighted by molar-refractivity contribution is -0.154. The normalized spacial score (nSPS) is 20.4. The van der Waals surface area contributed by atoms with Gasteiger partial charge in [-0.1, -0.05) is 18.2 Å². The van der Waals surface area contributed by atoms with Crippen molar-refractivity contribution >= 4 is 12.0 Å². The summed E-state index contributed by atoms with van der Waals surface area (Å²) in [5.41, 5.74) is 0.276. The number of likely N-dealkylation sites (tertiary alicyclic amines) is 1. The molecular weight excluding hydrogens is 266 g/mol. The summed E-state index contributed by atoms with van der Waals surface area (Å²) in [5, 5.41) is 10.2. The van der Waals surface area contributed by atoms with Gasteiger partial charge in [-0.15, -0.1) is 0 Å². The molecule has 0 aromatic heterocycles. The van der Waals surface area contributed by atoms with Gasteiger partial charge < -0.3 is 14.7 Å². The molecule has 0 spiro atoms. The van der Waals surface area contributed by atoms with Gasteiger partial charge in [0.1, 0.15) is 11.4 Å². The molecule has 1 aromatic carbocycles. The fourth-order valence-electron chi connectivity index (χ4n) is 2.82. The average molecular weight is 287 g/mol. The van der Waals surface area contributed by atoms with Gasteiger partial charge in [-0.3, -0.25) is 4.79 Å². The summed E-state index contributed by atoms with van der Waals surface area (Å²) < 4.78 is 5.53. The number of aliphatic hydroxyl groups is 1. The first kappa shape index (κ1) is 14.1. The second-order valence-corrected chi connectivity index (χ2v) is 5.88. The van der Waals surface area contributed by atoms with Crippen molar-refractivity contribution in [3.8, 4) is 5.75 Å². The van der Waals surface area contributed by atoms with Crippen LogP contribution in [0.3, 0.4) is 0 Å². The van der Waals surface area contributed by atoms with Gasteiger partial charge >= 0.3 is 0 Å². The van der Waals surface area contributed by atoms with Crippen molar-refractivity contribution in [3.63, 3.8) is 0 Å². The summed E-state index contributed by atoms with van der Waals surface area (Å²) in [7, 11) is 0. The molecule has 0 unspecified atom stereocenters. The third kappa shape index (κ3) is 2.95. The molecule has 3 rings (SSSR count). The number of nitrogens with zero attached hydrogens (tertiary/aromatic N) is 1. The number of hydrogen-bond donors (Lipinski definition) is 1. The number of amides is 1. The molecule has 1 saturated heterocycles. The number of hydrogen-bond acceptors (Lipinski definition) is 3. The number of ether oxygens (including phenoxy) is 1. The van der Waals surface area contributed by atoms with E-state index in [-0.39, 0.29) is 5.91 Å². The maximum absolute atomic E-state index is 12.1. The first-order valence-corrected chi connectivity index (χ1v) is 7.53. The number of rotatable bonds is 5. The first-order chi connectivity index (χ1) is 10.1. The Morgan fingerprint density at radius 3 is 2.81 bits per heavy atom. The molecule has 4 heteroatoms. The maximum atomic E-state index is 12.1. The summed E-state index contributed by atoms with van der Waals surface area (Å²) in [4.78, 5) is 13.8. The van der Waals surface area contributed by atoms with Crippen LogP contribution in [-0.4, -0.2) is 41.2 Å². The Kier molecular flexibility index (Phi) is 3.72. The van der Waals surface area contributed by atoms with E-state index in [1.54, 1.807) is 17.1 Å². The second kappa shape index (κ2) is 5.53. The Morgan fingerprint density at radius 2 is 2.14 bits per heavy atom. The summed E-state index contributed by atoms with van der Waals surface area (Å²) in [6.07, 6.45) is 5.53. The number of para-hydroxylation sites is 1. The number of β-amino-alcohol motifs (C(OH)–C–C–N with tert-alkyl or cyclic N) is 1. The Hall–Kier alpha value is -1.81. The molecule has 0 atom stereocenters. The van der Waals surface area contributed by atoms with E-state index in [9.17, 15) is 9.90 Å². The fraction of sp³-hybridized carbons (Fsp3) is 0.471. The third-order valence-electron chi connectivity index (χ3n) is 4.20. The molecule has 1 N–H and O–H groups in total. The standard InChI is InChI=1S/C17H21NO3/c1-2-21-15-6-4-3-5-13(15)7-10-16(19)18-11-17(20,12-18)14-8-9-14/h3-7,10,14,20H,2,8-9,11-12H2,1H3. The van der Waals surface area contributed by atoms with Gasteiger partial charge in [0.15, 0.2) is 0 Å². The van der Waals surface area contributed by atoms with Crippen molar-refractivity contribution < 1.29 is 14.6 Å². The molecule has 1 aliphatic heterocycles. The average Bonchev–Trinajstić information content (AvgIpc) is 3.28. The van der Waals surface area contributed by atoms with Crippen molar-refractivity contribution in [1.29, 1.82) is 0 Å². The smallest absolute Gasteiger partial charge is 0.246 e. The minimum Gasteiger partial charge on any atom is -0.493 e. The molecule has 0 bridgehead atoms. The van der Waals surface area contributed by atoms with Crippen molar-refractivity contribution in [1.82, 2.24) is 4.90 Å². The van der Waals surface area contributed by atoms with Gasteiger partial charge in [0.25, 0.3) is 0 Å². The highest BCUT2D eigenvalue weighted by molar-refractivity contribution is 5.92. The summed E-state index contributed by atoms with van der Waals surface area (Å²) in [6, 6.07) is 7.64. The SMILES string of the molecule is CCOc1ccccc1C=CC(=O)N1CC(O)(C2CC2)C1. The van der Waals surface area contributed by atoms with Crippen LogP contribution in [0.1, 0.15) is 25.3 Å². The van der Waals surface area contributed by atoms with Crippen LogP contribution in [0.4, 0.5) is 0 Å². The fourth-order valence-corrected chi connectivity index (χ4v) is 2.82. The zero-order valence-corrected chi connectivity index (χ0v) is 12.3. The largest absolute Gasteiger partial charge is 0.493 e. The zero-order chi connectivity index (χ0) is 14.9. The monoisotopic (exact) mass is 287 g/mol. The lowest BCUT2D eigenvalue weighted by Crippen LogP contribution is -2.64. The molecule has 2 fully saturated rings. The number of benzene rings is 1. The predicted molar refractivity (Wildman–Crippen MR) is 80.9 cm³/mol. The molecular formula is C17H21NO3. The summed E-state index contributed by atoms with van der Waals surface area (Å²) in [5.74, 6) is 1.14. The molecule has 1 saturated carbocycles. The molecule has 1 aromatic rings. The molecule has 1 aliphatic carbocycles. The highest BCUT2D eigenvalue weighted by atomic mass is 16.5. The van der Waals surface area contributed by atoms with Crippen molar-refractivity contribution in [3.05, 3.63) is 35.9 Å². The predicted octanol–water partition coefficient (Wildman–Crippen LogP) is 2.08. The van der Waals surface area contributed by atoms with E-state index < -0.39 is 5.60 Å². The Balaban J connectivity index is 1.60. The highest BCUT2D eigenvalue weighted by Crippen LogP contribution is 2.44. The minimum atomic E-state index is -0.618. The Labute approximate surface area is 125 Å². The first-order valence-electron chi connectivity index (χ1n) is 7.53. The lowest BCUT2D eigenvalue weighted by Gasteiger charge is -2.46. The quantitative estimate of drug-likeness (QED) is 0.844. The summed E-state index contributed by atoms with van der Waals surface area (Å²) >= 11 is 0. The van der Waals surface area contributed by atoms with Crippen LogP contribution in [0, 0.1) is 5.92 Å².